The molecule has 1 amide bonds. The van der Waals surface area contributed by atoms with Crippen LogP contribution in [0.15, 0.2) is 30.3 Å². The Kier molecular flexibility index (Phi) is 5.56. The molecule has 0 radical (unpaired) electrons. The summed E-state index contributed by atoms with van der Waals surface area (Å²) in [5.74, 6) is 0.365. The predicted octanol–water partition coefficient (Wildman–Crippen LogP) is 1.08. The Morgan fingerprint density at radius 1 is 1.35 bits per heavy atom. The molecule has 1 aliphatic carbocycles. The van der Waals surface area contributed by atoms with Crippen LogP contribution in [0.1, 0.15) is 24.8 Å². The molecule has 0 aromatic heterocycles. The molecule has 1 saturated carbocycles. The van der Waals surface area contributed by atoms with Crippen LogP contribution < -0.4 is 11.1 Å². The van der Waals surface area contributed by atoms with E-state index in [1.54, 1.807) is 0 Å². The largest absolute Gasteiger partial charge is 0.394 e. The third-order valence-corrected chi connectivity index (χ3v) is 4.19. The maximum absolute atomic E-state index is 12.3. The first-order valence-corrected chi connectivity index (χ1v) is 7.39. The lowest BCUT2D eigenvalue weighted by Crippen LogP contribution is -2.44. The van der Waals surface area contributed by atoms with Gasteiger partial charge < -0.3 is 16.2 Å². The fraction of sp³-hybridized carbons (Fsp3) is 0.562. The van der Waals surface area contributed by atoms with Crippen molar-refractivity contribution in [3.63, 3.8) is 0 Å². The van der Waals surface area contributed by atoms with Gasteiger partial charge in [0.2, 0.25) is 5.91 Å². The minimum absolute atomic E-state index is 0.0184. The Morgan fingerprint density at radius 2 is 2.10 bits per heavy atom. The Balaban J connectivity index is 1.91. The van der Waals surface area contributed by atoms with Gasteiger partial charge >= 0.3 is 0 Å². The van der Waals surface area contributed by atoms with E-state index in [1.165, 1.54) is 0 Å². The molecule has 3 atom stereocenters. The predicted molar refractivity (Wildman–Crippen MR) is 79.0 cm³/mol. The van der Waals surface area contributed by atoms with E-state index in [4.69, 9.17) is 5.73 Å². The van der Waals surface area contributed by atoms with Gasteiger partial charge in [-0.05, 0) is 37.3 Å². The molecular formula is C16H24N2O2. The normalized spacial score (nSPS) is 23.5. The molecule has 20 heavy (non-hydrogen) atoms. The first kappa shape index (κ1) is 15.0. The summed E-state index contributed by atoms with van der Waals surface area (Å²) in [7, 11) is 0. The van der Waals surface area contributed by atoms with E-state index in [-0.39, 0.29) is 24.5 Å². The second kappa shape index (κ2) is 7.41. The minimum atomic E-state index is -0.219. The van der Waals surface area contributed by atoms with E-state index in [0.29, 0.717) is 18.9 Å². The van der Waals surface area contributed by atoms with Crippen molar-refractivity contribution in [3.05, 3.63) is 35.9 Å². The number of hydrogen-bond donors (Lipinski definition) is 3. The van der Waals surface area contributed by atoms with Gasteiger partial charge in [-0.3, -0.25) is 4.79 Å². The Labute approximate surface area is 120 Å². The zero-order valence-corrected chi connectivity index (χ0v) is 11.8. The topological polar surface area (TPSA) is 75.4 Å². The zero-order chi connectivity index (χ0) is 14.4. The molecular weight excluding hydrogens is 252 g/mol. The average Bonchev–Trinajstić information content (AvgIpc) is 2.96. The van der Waals surface area contributed by atoms with Gasteiger partial charge in [0.05, 0.1) is 12.6 Å². The number of aliphatic hydroxyl groups is 1. The van der Waals surface area contributed by atoms with Crippen molar-refractivity contribution in [2.24, 2.45) is 17.6 Å². The van der Waals surface area contributed by atoms with Crippen molar-refractivity contribution in [1.29, 1.82) is 0 Å². The highest BCUT2D eigenvalue weighted by Crippen LogP contribution is 2.31. The van der Waals surface area contributed by atoms with Crippen LogP contribution in [0.5, 0.6) is 0 Å². The van der Waals surface area contributed by atoms with Gasteiger partial charge in [-0.1, -0.05) is 36.8 Å². The molecule has 4 heteroatoms. The van der Waals surface area contributed by atoms with E-state index in [9.17, 15) is 9.90 Å². The van der Waals surface area contributed by atoms with Crippen LogP contribution in [0.2, 0.25) is 0 Å². The van der Waals surface area contributed by atoms with Crippen LogP contribution in [0.4, 0.5) is 0 Å². The van der Waals surface area contributed by atoms with Gasteiger partial charge in [0.1, 0.15) is 0 Å². The van der Waals surface area contributed by atoms with Crippen molar-refractivity contribution in [2.45, 2.75) is 31.7 Å². The lowest BCUT2D eigenvalue weighted by atomic mass is 9.94. The average molecular weight is 276 g/mol. The molecule has 1 aromatic carbocycles. The number of carbonyl (C=O) groups is 1. The van der Waals surface area contributed by atoms with E-state index in [1.807, 2.05) is 30.3 Å². The molecule has 2 rings (SSSR count). The highest BCUT2D eigenvalue weighted by Gasteiger charge is 2.32. The number of benzene rings is 1. The summed E-state index contributed by atoms with van der Waals surface area (Å²) in [6, 6.07) is 9.68. The SMILES string of the molecule is NCC1CCCC1C(=O)N[C@H](CO)Cc1ccccc1. The lowest BCUT2D eigenvalue weighted by molar-refractivity contribution is -0.127. The number of carbonyl (C=O) groups excluding carboxylic acids is 1. The van der Waals surface area contributed by atoms with Crippen molar-refractivity contribution >= 4 is 5.91 Å². The van der Waals surface area contributed by atoms with Crippen molar-refractivity contribution in [2.75, 3.05) is 13.2 Å². The zero-order valence-electron chi connectivity index (χ0n) is 11.8. The van der Waals surface area contributed by atoms with Crippen LogP contribution in [-0.4, -0.2) is 30.2 Å². The first-order chi connectivity index (χ1) is 9.74. The van der Waals surface area contributed by atoms with Gasteiger partial charge in [-0.15, -0.1) is 0 Å². The quantitative estimate of drug-likeness (QED) is 0.728. The lowest BCUT2D eigenvalue weighted by Gasteiger charge is -2.22. The summed E-state index contributed by atoms with van der Waals surface area (Å²) >= 11 is 0. The summed E-state index contributed by atoms with van der Waals surface area (Å²) < 4.78 is 0. The first-order valence-electron chi connectivity index (χ1n) is 7.39. The monoisotopic (exact) mass is 276 g/mol. The third kappa shape index (κ3) is 3.81. The van der Waals surface area contributed by atoms with Gasteiger partial charge in [0.15, 0.2) is 0 Å². The van der Waals surface area contributed by atoms with Crippen LogP contribution in [0, 0.1) is 11.8 Å². The molecule has 4 N–H and O–H groups in total. The Hall–Kier alpha value is -1.39. The van der Waals surface area contributed by atoms with Gasteiger partial charge in [0.25, 0.3) is 0 Å². The van der Waals surface area contributed by atoms with Gasteiger partial charge in [0, 0.05) is 5.92 Å². The number of hydrogen-bond acceptors (Lipinski definition) is 3. The highest BCUT2D eigenvalue weighted by atomic mass is 16.3. The number of nitrogens with one attached hydrogen (secondary N) is 1. The highest BCUT2D eigenvalue weighted by molar-refractivity contribution is 5.79. The van der Waals surface area contributed by atoms with Gasteiger partial charge in [-0.2, -0.15) is 0 Å². The smallest absolute Gasteiger partial charge is 0.223 e. The molecule has 1 fully saturated rings. The van der Waals surface area contributed by atoms with E-state index >= 15 is 0 Å². The number of amides is 1. The molecule has 110 valence electrons. The number of nitrogens with two attached hydrogens (primary N) is 1. The summed E-state index contributed by atoms with van der Waals surface area (Å²) in [6.45, 7) is 0.529. The summed E-state index contributed by atoms with van der Waals surface area (Å²) in [6.07, 6.45) is 3.68. The Morgan fingerprint density at radius 3 is 2.75 bits per heavy atom. The fourth-order valence-corrected chi connectivity index (χ4v) is 3.03. The molecule has 0 aliphatic heterocycles. The standard InChI is InChI=1S/C16H24N2O2/c17-10-13-7-4-8-15(13)16(20)18-14(11-19)9-12-5-2-1-3-6-12/h1-3,5-6,13-15,19H,4,7-11,17H2,(H,18,20)/t13?,14-,15?/m0/s1. The van der Waals surface area contributed by atoms with Crippen LogP contribution in [0.25, 0.3) is 0 Å². The summed E-state index contributed by atoms with van der Waals surface area (Å²) in [5, 5.41) is 12.4. The molecule has 0 spiro atoms. The van der Waals surface area contributed by atoms with E-state index in [0.717, 1.165) is 24.8 Å². The molecule has 4 nitrogen and oxygen atoms in total. The van der Waals surface area contributed by atoms with Crippen molar-refractivity contribution in [1.82, 2.24) is 5.32 Å². The molecule has 1 aromatic rings. The van der Waals surface area contributed by atoms with Crippen LogP contribution in [0.3, 0.4) is 0 Å². The third-order valence-electron chi connectivity index (χ3n) is 4.19. The minimum Gasteiger partial charge on any atom is -0.394 e. The number of rotatable bonds is 6. The van der Waals surface area contributed by atoms with Gasteiger partial charge in [-0.25, -0.2) is 0 Å². The molecule has 0 bridgehead atoms. The van der Waals surface area contributed by atoms with Crippen molar-refractivity contribution < 1.29 is 9.90 Å². The molecule has 2 unspecified atom stereocenters. The summed E-state index contributed by atoms with van der Waals surface area (Å²) in [4.78, 5) is 12.3. The Bertz CT molecular complexity index is 422. The molecule has 0 heterocycles. The fourth-order valence-electron chi connectivity index (χ4n) is 3.03. The van der Waals surface area contributed by atoms with Crippen LogP contribution >= 0.6 is 0 Å². The second-order valence-electron chi connectivity index (χ2n) is 5.61. The van der Waals surface area contributed by atoms with E-state index in [2.05, 4.69) is 5.32 Å². The maximum Gasteiger partial charge on any atom is 0.223 e. The summed E-state index contributed by atoms with van der Waals surface area (Å²) in [5.41, 5.74) is 6.84. The van der Waals surface area contributed by atoms with Crippen molar-refractivity contribution in [3.8, 4) is 0 Å². The number of aliphatic hydroxyl groups excluding tert-OH is 1. The van der Waals surface area contributed by atoms with E-state index < -0.39 is 0 Å². The second-order valence-corrected chi connectivity index (χ2v) is 5.61. The molecule has 0 saturated heterocycles. The maximum atomic E-state index is 12.3. The van der Waals surface area contributed by atoms with Crippen LogP contribution in [-0.2, 0) is 11.2 Å². The molecule has 1 aliphatic rings.